The Labute approximate surface area is 197 Å². The molecule has 0 aliphatic carbocycles. The number of aryl methyl sites for hydroxylation is 1. The molecule has 4 rings (SSSR count). The predicted molar refractivity (Wildman–Crippen MR) is 125 cm³/mol. The summed E-state index contributed by atoms with van der Waals surface area (Å²) in [7, 11) is 0. The number of ketones is 1. The monoisotopic (exact) mass is 487 g/mol. The Hall–Kier alpha value is -2.52. The molecule has 0 aliphatic rings. The zero-order valence-electron chi connectivity index (χ0n) is 17.3. The van der Waals surface area contributed by atoms with Gasteiger partial charge >= 0.3 is 0 Å². The molecule has 5 nitrogen and oxygen atoms in total. The van der Waals surface area contributed by atoms with E-state index in [0.29, 0.717) is 27.6 Å². The highest BCUT2D eigenvalue weighted by Crippen LogP contribution is 2.33. The van der Waals surface area contributed by atoms with Crippen LogP contribution in [-0.4, -0.2) is 25.8 Å². The number of hydrogen-bond donors (Lipinski definition) is 1. The largest absolute Gasteiger partial charge is 0.386 e. The first kappa shape index (κ1) is 22.7. The van der Waals surface area contributed by atoms with Gasteiger partial charge in [0.1, 0.15) is 16.9 Å². The average Bonchev–Trinajstić information content (AvgIpc) is 3.37. The van der Waals surface area contributed by atoms with E-state index in [4.69, 9.17) is 11.6 Å². The number of hydrogen-bond acceptors (Lipinski definition) is 7. The van der Waals surface area contributed by atoms with Gasteiger partial charge in [-0.25, -0.2) is 14.4 Å². The lowest BCUT2D eigenvalue weighted by Gasteiger charge is -2.04. The minimum absolute atomic E-state index is 0.0531. The maximum absolute atomic E-state index is 13.9. The van der Waals surface area contributed by atoms with Crippen molar-refractivity contribution >= 4 is 40.1 Å². The molecule has 0 radical (unpaired) electrons. The molecule has 0 fully saturated rings. The minimum Gasteiger partial charge on any atom is -0.386 e. The fourth-order valence-electron chi connectivity index (χ4n) is 3.12. The summed E-state index contributed by atoms with van der Waals surface area (Å²) in [5, 5.41) is 13.6. The van der Waals surface area contributed by atoms with Crippen LogP contribution in [0.2, 0.25) is 5.02 Å². The molecule has 9 heteroatoms. The Morgan fingerprint density at radius 3 is 2.72 bits per heavy atom. The first-order valence-corrected chi connectivity index (χ1v) is 11.9. The van der Waals surface area contributed by atoms with E-state index in [9.17, 15) is 14.3 Å². The Morgan fingerprint density at radius 1 is 1.25 bits per heavy atom. The molecule has 0 saturated heterocycles. The van der Waals surface area contributed by atoms with Crippen LogP contribution in [0.1, 0.15) is 50.4 Å². The van der Waals surface area contributed by atoms with Gasteiger partial charge in [-0.1, -0.05) is 17.7 Å². The summed E-state index contributed by atoms with van der Waals surface area (Å²) in [5.74, 6) is -0.705. The number of halogens is 2. The number of aliphatic hydroxyl groups excluding tert-OH is 1. The highest BCUT2D eigenvalue weighted by molar-refractivity contribution is 7.16. The zero-order chi connectivity index (χ0) is 22.8. The summed E-state index contributed by atoms with van der Waals surface area (Å²) in [4.78, 5) is 26.9. The van der Waals surface area contributed by atoms with Crippen LogP contribution in [0, 0.1) is 12.7 Å². The Morgan fingerprint density at radius 2 is 2.06 bits per heavy atom. The average molecular weight is 488 g/mol. The van der Waals surface area contributed by atoms with Crippen molar-refractivity contribution in [1.29, 1.82) is 0 Å². The molecule has 1 aromatic carbocycles. The first-order valence-electron chi connectivity index (χ1n) is 9.82. The quantitative estimate of drug-likeness (QED) is 0.332. The molecule has 0 saturated carbocycles. The van der Waals surface area contributed by atoms with E-state index >= 15 is 0 Å². The van der Waals surface area contributed by atoms with Gasteiger partial charge in [-0.3, -0.25) is 9.78 Å². The van der Waals surface area contributed by atoms with Gasteiger partial charge in [0, 0.05) is 40.7 Å². The van der Waals surface area contributed by atoms with Crippen molar-refractivity contribution in [2.45, 2.75) is 32.8 Å². The van der Waals surface area contributed by atoms with Gasteiger partial charge in [0.2, 0.25) is 0 Å². The second-order valence-corrected chi connectivity index (χ2v) is 9.73. The summed E-state index contributed by atoms with van der Waals surface area (Å²) < 4.78 is 13.9. The van der Waals surface area contributed by atoms with Gasteiger partial charge in [0.15, 0.2) is 5.78 Å². The molecule has 3 heterocycles. The smallest absolute Gasteiger partial charge is 0.168 e. The van der Waals surface area contributed by atoms with Gasteiger partial charge in [0.05, 0.1) is 21.3 Å². The standard InChI is InChI=1S/C23H19ClFN3O2S2/c1-12-22(32-23(27-12)13(2)29)19-11-31-21(28-19)9-17-6-4-15(10-26-17)20(30)7-14-3-5-16(24)8-18(14)25/h3-6,8,10-11,13,29H,7,9H2,1-2H3. The molecule has 0 spiro atoms. The summed E-state index contributed by atoms with van der Waals surface area (Å²) in [6.45, 7) is 3.60. The summed E-state index contributed by atoms with van der Waals surface area (Å²) in [6, 6.07) is 7.78. The van der Waals surface area contributed by atoms with Crippen LogP contribution < -0.4 is 0 Å². The van der Waals surface area contributed by atoms with E-state index in [2.05, 4.69) is 15.0 Å². The third kappa shape index (κ3) is 5.10. The molecule has 32 heavy (non-hydrogen) atoms. The van der Waals surface area contributed by atoms with Crippen molar-refractivity contribution in [1.82, 2.24) is 15.0 Å². The number of nitrogens with zero attached hydrogens (tertiary/aromatic N) is 3. The maximum Gasteiger partial charge on any atom is 0.168 e. The molecule has 164 valence electrons. The number of aliphatic hydroxyl groups is 1. The van der Waals surface area contributed by atoms with Crippen molar-refractivity contribution in [3.05, 3.63) is 85.3 Å². The molecule has 3 aromatic heterocycles. The Kier molecular flexibility index (Phi) is 6.76. The van der Waals surface area contributed by atoms with Crippen LogP contribution in [0.4, 0.5) is 4.39 Å². The van der Waals surface area contributed by atoms with E-state index in [1.54, 1.807) is 25.1 Å². The number of carbonyl (C=O) groups is 1. The molecular formula is C23H19ClFN3O2S2. The molecular weight excluding hydrogens is 469 g/mol. The molecule has 1 N–H and O–H groups in total. The molecule has 1 atom stereocenters. The van der Waals surface area contributed by atoms with E-state index < -0.39 is 11.9 Å². The highest BCUT2D eigenvalue weighted by atomic mass is 35.5. The van der Waals surface area contributed by atoms with Gasteiger partial charge in [-0.2, -0.15) is 0 Å². The molecule has 0 aliphatic heterocycles. The van der Waals surface area contributed by atoms with Crippen LogP contribution >= 0.6 is 34.3 Å². The fourth-order valence-corrected chi connectivity index (χ4v) is 5.12. The molecule has 0 bridgehead atoms. The summed E-state index contributed by atoms with van der Waals surface area (Å²) in [5.41, 5.74) is 3.19. The van der Waals surface area contributed by atoms with Crippen LogP contribution in [0.15, 0.2) is 41.9 Å². The predicted octanol–water partition coefficient (Wildman–Crippen LogP) is 5.83. The number of aromatic nitrogens is 3. The lowest BCUT2D eigenvalue weighted by atomic mass is 10.0. The maximum atomic E-state index is 13.9. The molecule has 1 unspecified atom stereocenters. The number of carbonyl (C=O) groups excluding carboxylic acids is 1. The highest BCUT2D eigenvalue weighted by Gasteiger charge is 2.16. The molecule has 4 aromatic rings. The van der Waals surface area contributed by atoms with Gasteiger partial charge in [-0.05, 0) is 43.7 Å². The summed E-state index contributed by atoms with van der Waals surface area (Å²) >= 11 is 8.73. The lowest BCUT2D eigenvalue weighted by molar-refractivity contribution is 0.0991. The van der Waals surface area contributed by atoms with Gasteiger partial charge in [0.25, 0.3) is 0 Å². The minimum atomic E-state index is -0.604. The normalized spacial score (nSPS) is 12.2. The number of Topliss-reactive ketones (excluding diaryl/α,β-unsaturated/α-hetero) is 1. The zero-order valence-corrected chi connectivity index (χ0v) is 19.7. The van der Waals surface area contributed by atoms with Crippen LogP contribution in [0.3, 0.4) is 0 Å². The Bertz CT molecular complexity index is 1270. The third-order valence-electron chi connectivity index (χ3n) is 4.80. The van der Waals surface area contributed by atoms with Crippen molar-refractivity contribution in [2.24, 2.45) is 0 Å². The summed E-state index contributed by atoms with van der Waals surface area (Å²) in [6.07, 6.45) is 1.39. The second kappa shape index (κ2) is 9.54. The van der Waals surface area contributed by atoms with E-state index in [0.717, 1.165) is 27.0 Å². The van der Waals surface area contributed by atoms with Gasteiger partial charge in [-0.15, -0.1) is 22.7 Å². The van der Waals surface area contributed by atoms with E-state index in [-0.39, 0.29) is 12.2 Å². The topological polar surface area (TPSA) is 76.0 Å². The van der Waals surface area contributed by atoms with Crippen molar-refractivity contribution < 1.29 is 14.3 Å². The fraction of sp³-hybridized carbons (Fsp3) is 0.217. The van der Waals surface area contributed by atoms with Crippen LogP contribution in [-0.2, 0) is 12.8 Å². The second-order valence-electron chi connectivity index (χ2n) is 7.32. The van der Waals surface area contributed by atoms with Gasteiger partial charge < -0.3 is 5.11 Å². The van der Waals surface area contributed by atoms with E-state index in [1.165, 1.54) is 41.0 Å². The SMILES string of the molecule is Cc1nc(C(C)O)sc1-c1csc(Cc2ccc(C(=O)Cc3ccc(Cl)cc3F)cn2)n1. The third-order valence-corrected chi connectivity index (χ3v) is 7.23. The number of benzene rings is 1. The first-order chi connectivity index (χ1) is 15.3. The van der Waals surface area contributed by atoms with Crippen LogP contribution in [0.25, 0.3) is 10.6 Å². The number of thiazole rings is 2. The number of pyridine rings is 1. The van der Waals surface area contributed by atoms with Crippen molar-refractivity contribution in [3.8, 4) is 10.6 Å². The van der Waals surface area contributed by atoms with Crippen molar-refractivity contribution in [2.75, 3.05) is 0 Å². The number of rotatable bonds is 7. The van der Waals surface area contributed by atoms with E-state index in [1.807, 2.05) is 12.3 Å². The lowest BCUT2D eigenvalue weighted by Crippen LogP contribution is -2.06. The Balaban J connectivity index is 1.43. The van der Waals surface area contributed by atoms with Crippen molar-refractivity contribution in [3.63, 3.8) is 0 Å². The molecule has 0 amide bonds. The van der Waals surface area contributed by atoms with Crippen LogP contribution in [0.5, 0.6) is 0 Å².